The number of hydrogen-bond donors (Lipinski definition) is 1. The van der Waals surface area contributed by atoms with E-state index < -0.39 is 17.7 Å². The Balaban J connectivity index is 1.26. The Morgan fingerprint density at radius 2 is 1.92 bits per heavy atom. The molecule has 2 aromatic carbocycles. The molecule has 0 radical (unpaired) electrons. The van der Waals surface area contributed by atoms with Crippen LogP contribution in [-0.2, 0) is 23.8 Å². The first-order chi connectivity index (χ1) is 18.7. The van der Waals surface area contributed by atoms with E-state index in [1.54, 1.807) is 13.2 Å². The molecule has 2 atom stereocenters. The lowest BCUT2D eigenvalue weighted by molar-refractivity contribution is -0.139. The third-order valence-corrected chi connectivity index (χ3v) is 7.92. The molecule has 0 bridgehead atoms. The Morgan fingerprint density at radius 3 is 2.69 bits per heavy atom. The van der Waals surface area contributed by atoms with E-state index in [0.717, 1.165) is 80.9 Å². The number of rotatable bonds is 12. The molecular weight excluding hydrogens is 505 g/mol. The predicted molar refractivity (Wildman–Crippen MR) is 146 cm³/mol. The van der Waals surface area contributed by atoms with Crippen LogP contribution in [0.4, 0.5) is 13.2 Å². The van der Waals surface area contributed by atoms with Crippen LogP contribution in [0.1, 0.15) is 55.2 Å². The van der Waals surface area contributed by atoms with Crippen LogP contribution < -0.4 is 4.74 Å². The topological polar surface area (TPSA) is 62.7 Å². The molecule has 2 heterocycles. The number of halogens is 3. The fraction of sp³-hybridized carbons (Fsp3) is 0.484. The van der Waals surface area contributed by atoms with Gasteiger partial charge < -0.3 is 14.7 Å². The van der Waals surface area contributed by atoms with Gasteiger partial charge in [0.2, 0.25) is 0 Å². The molecule has 3 aromatic rings. The van der Waals surface area contributed by atoms with Gasteiger partial charge in [-0.3, -0.25) is 9.78 Å². The highest BCUT2D eigenvalue weighted by Gasteiger charge is 2.31. The molecule has 1 aliphatic rings. The first kappa shape index (κ1) is 28.9. The maximum Gasteiger partial charge on any atom is 0.416 e. The summed E-state index contributed by atoms with van der Waals surface area (Å²) in [4.78, 5) is 18.4. The van der Waals surface area contributed by atoms with Crippen LogP contribution in [0, 0.1) is 11.8 Å². The number of hydrogen-bond acceptors (Lipinski definition) is 4. The second-order valence-electron chi connectivity index (χ2n) is 10.6. The van der Waals surface area contributed by atoms with Gasteiger partial charge in [0.1, 0.15) is 5.75 Å². The van der Waals surface area contributed by atoms with Crippen molar-refractivity contribution in [2.24, 2.45) is 11.8 Å². The fourth-order valence-corrected chi connectivity index (χ4v) is 5.84. The first-order valence-electron chi connectivity index (χ1n) is 13.7. The average Bonchev–Trinajstić information content (AvgIpc) is 2.91. The molecular formula is C31H37F3N2O3. The van der Waals surface area contributed by atoms with Crippen molar-refractivity contribution >= 4 is 16.9 Å². The highest BCUT2D eigenvalue weighted by Crippen LogP contribution is 2.32. The zero-order chi connectivity index (χ0) is 27.8. The lowest BCUT2D eigenvalue weighted by Crippen LogP contribution is -2.41. The number of unbranched alkanes of at least 4 members (excludes halogenated alkanes) is 1. The largest absolute Gasteiger partial charge is 0.497 e. The van der Waals surface area contributed by atoms with Gasteiger partial charge in [0.15, 0.2) is 0 Å². The summed E-state index contributed by atoms with van der Waals surface area (Å²) in [5.74, 6) is 0.517. The Labute approximate surface area is 228 Å². The molecule has 1 aliphatic heterocycles. The molecule has 1 N–H and O–H groups in total. The number of fused-ring (bicyclic) bond motifs is 1. The molecule has 1 aromatic heterocycles. The van der Waals surface area contributed by atoms with E-state index in [4.69, 9.17) is 4.74 Å². The van der Waals surface area contributed by atoms with Crippen molar-refractivity contribution in [3.63, 3.8) is 0 Å². The van der Waals surface area contributed by atoms with Crippen molar-refractivity contribution in [2.75, 3.05) is 26.7 Å². The summed E-state index contributed by atoms with van der Waals surface area (Å²) in [5.41, 5.74) is 2.27. The zero-order valence-electron chi connectivity index (χ0n) is 22.4. The average molecular weight is 543 g/mol. The van der Waals surface area contributed by atoms with Gasteiger partial charge in [-0.1, -0.05) is 18.2 Å². The van der Waals surface area contributed by atoms with E-state index in [1.165, 1.54) is 17.7 Å². The van der Waals surface area contributed by atoms with E-state index >= 15 is 0 Å². The van der Waals surface area contributed by atoms with E-state index in [9.17, 15) is 23.1 Å². The summed E-state index contributed by atoms with van der Waals surface area (Å²) in [6.45, 7) is 2.53. The normalized spacial score (nSPS) is 18.4. The molecule has 0 spiro atoms. The van der Waals surface area contributed by atoms with Crippen LogP contribution >= 0.6 is 0 Å². The summed E-state index contributed by atoms with van der Waals surface area (Å²) in [7, 11) is 1.66. The minimum absolute atomic E-state index is 0.106. The lowest BCUT2D eigenvalue weighted by Gasteiger charge is -2.38. The number of aromatic nitrogens is 1. The second kappa shape index (κ2) is 13.3. The Bertz CT molecular complexity index is 1250. The van der Waals surface area contributed by atoms with Crippen LogP contribution in [0.5, 0.6) is 5.75 Å². The standard InChI is InChI=1S/C31H37F3N2O3/c1-39-27-11-12-29-28(20-27)24(13-15-35-29)9-5-8-23-14-17-36(21-25(23)19-30(37)38)16-3-2-6-22-7-4-10-26(18-22)31(32,33)34/h4,7,10-13,15,18,20,23,25H,2-3,5-6,8-9,14,16-17,19,21H2,1H3,(H,37,38)/t23-,25+/m1/s1. The summed E-state index contributed by atoms with van der Waals surface area (Å²) in [6, 6.07) is 13.5. The Kier molecular flexibility index (Phi) is 9.83. The number of likely N-dealkylation sites (tertiary alicyclic amines) is 1. The van der Waals surface area contributed by atoms with Crippen LogP contribution in [-0.4, -0.2) is 47.7 Å². The molecule has 1 saturated heterocycles. The molecule has 5 nitrogen and oxygen atoms in total. The predicted octanol–water partition coefficient (Wildman–Crippen LogP) is 7.02. The number of alkyl halides is 3. The number of carboxylic acids is 1. The lowest BCUT2D eigenvalue weighted by atomic mass is 9.79. The van der Waals surface area contributed by atoms with Crippen molar-refractivity contribution in [1.29, 1.82) is 0 Å². The maximum atomic E-state index is 13.0. The molecule has 4 rings (SSSR count). The van der Waals surface area contributed by atoms with Gasteiger partial charge in [-0.15, -0.1) is 0 Å². The number of aryl methyl sites for hydroxylation is 2. The van der Waals surface area contributed by atoms with Crippen LogP contribution in [0.2, 0.25) is 0 Å². The quantitative estimate of drug-likeness (QED) is 0.249. The van der Waals surface area contributed by atoms with Crippen molar-refractivity contribution in [1.82, 2.24) is 9.88 Å². The van der Waals surface area contributed by atoms with Gasteiger partial charge in [0, 0.05) is 24.5 Å². The maximum absolute atomic E-state index is 13.0. The summed E-state index contributed by atoms with van der Waals surface area (Å²) < 4.78 is 44.3. The monoisotopic (exact) mass is 542 g/mol. The SMILES string of the molecule is COc1ccc2nccc(CCC[C@@H]3CCN(CCCCc4cccc(C(F)(F)F)c4)C[C@@H]3CC(=O)O)c2c1. The van der Waals surface area contributed by atoms with E-state index in [0.29, 0.717) is 17.9 Å². The molecule has 39 heavy (non-hydrogen) atoms. The summed E-state index contributed by atoms with van der Waals surface area (Å²) >= 11 is 0. The number of carboxylic acid groups (broad SMARTS) is 1. The van der Waals surface area contributed by atoms with E-state index in [-0.39, 0.29) is 12.3 Å². The van der Waals surface area contributed by atoms with Gasteiger partial charge in [0.25, 0.3) is 0 Å². The van der Waals surface area contributed by atoms with Crippen molar-refractivity contribution in [3.8, 4) is 5.75 Å². The minimum Gasteiger partial charge on any atom is -0.497 e. The van der Waals surface area contributed by atoms with Gasteiger partial charge in [-0.2, -0.15) is 13.2 Å². The number of nitrogens with zero attached hydrogens (tertiary/aromatic N) is 2. The smallest absolute Gasteiger partial charge is 0.416 e. The summed E-state index contributed by atoms with van der Waals surface area (Å²) in [5, 5.41) is 10.6. The van der Waals surface area contributed by atoms with E-state index in [1.807, 2.05) is 24.4 Å². The molecule has 8 heteroatoms. The summed E-state index contributed by atoms with van der Waals surface area (Å²) in [6.07, 6.45) is 3.80. The zero-order valence-corrected chi connectivity index (χ0v) is 22.4. The highest BCUT2D eigenvalue weighted by atomic mass is 19.4. The number of carbonyl (C=O) groups is 1. The number of pyridine rings is 1. The molecule has 0 aliphatic carbocycles. The van der Waals surface area contributed by atoms with Gasteiger partial charge >= 0.3 is 12.1 Å². The van der Waals surface area contributed by atoms with Gasteiger partial charge in [-0.25, -0.2) is 0 Å². The Morgan fingerprint density at radius 1 is 1.08 bits per heavy atom. The molecule has 0 unspecified atom stereocenters. The second-order valence-corrected chi connectivity index (χ2v) is 10.6. The fourth-order valence-electron chi connectivity index (χ4n) is 5.84. The molecule has 210 valence electrons. The van der Waals surface area contributed by atoms with Gasteiger partial charge in [0.05, 0.1) is 18.2 Å². The highest BCUT2D eigenvalue weighted by molar-refractivity contribution is 5.83. The number of piperidine rings is 1. The van der Waals surface area contributed by atoms with Gasteiger partial charge in [-0.05, 0) is 111 Å². The van der Waals surface area contributed by atoms with Crippen molar-refractivity contribution < 1.29 is 27.8 Å². The number of methoxy groups -OCH3 is 1. The third-order valence-electron chi connectivity index (χ3n) is 7.92. The molecule has 1 fully saturated rings. The Hall–Kier alpha value is -3.13. The molecule has 0 amide bonds. The minimum atomic E-state index is -4.32. The number of aliphatic carboxylic acids is 1. The third kappa shape index (κ3) is 8.18. The number of ether oxygens (including phenoxy) is 1. The van der Waals surface area contributed by atoms with Crippen LogP contribution in [0.3, 0.4) is 0 Å². The first-order valence-corrected chi connectivity index (χ1v) is 13.7. The van der Waals surface area contributed by atoms with E-state index in [2.05, 4.69) is 16.0 Å². The van der Waals surface area contributed by atoms with Crippen molar-refractivity contribution in [3.05, 3.63) is 71.4 Å². The van der Waals surface area contributed by atoms with Crippen LogP contribution in [0.15, 0.2) is 54.7 Å². The van der Waals surface area contributed by atoms with Crippen molar-refractivity contribution in [2.45, 2.75) is 57.5 Å². The molecule has 0 saturated carbocycles. The number of benzene rings is 2. The van der Waals surface area contributed by atoms with Crippen LogP contribution in [0.25, 0.3) is 10.9 Å².